The van der Waals surface area contributed by atoms with Crippen molar-refractivity contribution < 1.29 is 14.3 Å². The minimum Gasteiger partial charge on any atom is -0.377 e. The van der Waals surface area contributed by atoms with E-state index in [1.165, 1.54) is 11.1 Å². The lowest BCUT2D eigenvalue weighted by Crippen LogP contribution is -2.09. The van der Waals surface area contributed by atoms with Crippen LogP contribution in [0.3, 0.4) is 0 Å². The molecule has 0 saturated heterocycles. The molecular weight excluding hydrogens is 228 g/mol. The van der Waals surface area contributed by atoms with Crippen LogP contribution in [0, 0.1) is 6.92 Å². The van der Waals surface area contributed by atoms with Crippen LogP contribution in [0.1, 0.15) is 30.9 Å². The molecule has 1 rings (SSSR count). The predicted octanol–water partition coefficient (Wildman–Crippen LogP) is 2.90. The van der Waals surface area contributed by atoms with Gasteiger partial charge in [0.15, 0.2) is 5.78 Å². The van der Waals surface area contributed by atoms with Crippen molar-refractivity contribution in [3.63, 3.8) is 0 Å². The van der Waals surface area contributed by atoms with Gasteiger partial charge in [0.2, 0.25) is 0 Å². The molecule has 0 aromatic heterocycles. The smallest absolute Gasteiger partial charge is 0.158 e. The van der Waals surface area contributed by atoms with Gasteiger partial charge in [-0.1, -0.05) is 36.8 Å². The van der Waals surface area contributed by atoms with Crippen molar-refractivity contribution in [3.8, 4) is 0 Å². The van der Waals surface area contributed by atoms with Crippen LogP contribution >= 0.6 is 0 Å². The highest BCUT2D eigenvalue weighted by atomic mass is 16.5. The zero-order valence-corrected chi connectivity index (χ0v) is 11.3. The molecule has 0 aliphatic carbocycles. The highest BCUT2D eigenvalue weighted by molar-refractivity contribution is 5.79. The van der Waals surface area contributed by atoms with Crippen LogP contribution in [-0.4, -0.2) is 25.6 Å². The molecule has 0 fully saturated rings. The summed E-state index contributed by atoms with van der Waals surface area (Å²) in [6.07, 6.45) is 1.37. The minimum atomic E-state index is 0.149. The second kappa shape index (κ2) is 8.84. The molecule has 18 heavy (non-hydrogen) atoms. The SMILES string of the molecule is CCC(=O)COCCCOCc1ccc(C)cc1. The monoisotopic (exact) mass is 250 g/mol. The third-order valence-corrected chi connectivity index (χ3v) is 2.62. The molecule has 0 bridgehead atoms. The Labute approximate surface area is 109 Å². The van der Waals surface area contributed by atoms with E-state index in [1.54, 1.807) is 0 Å². The highest BCUT2D eigenvalue weighted by Gasteiger charge is 1.97. The molecule has 100 valence electrons. The number of Topliss-reactive ketones (excluding diaryl/α,β-unsaturated/α-hetero) is 1. The normalized spacial score (nSPS) is 10.6. The maximum atomic E-state index is 11.0. The van der Waals surface area contributed by atoms with Gasteiger partial charge in [0.05, 0.1) is 6.61 Å². The minimum absolute atomic E-state index is 0.149. The number of hydrogen-bond donors (Lipinski definition) is 0. The number of carbonyl (C=O) groups excluding carboxylic acids is 1. The fourth-order valence-corrected chi connectivity index (χ4v) is 1.43. The Morgan fingerprint density at radius 1 is 1.11 bits per heavy atom. The summed E-state index contributed by atoms with van der Waals surface area (Å²) in [7, 11) is 0. The standard InChI is InChI=1S/C15H22O3/c1-3-15(16)12-18-10-4-9-17-11-14-7-5-13(2)6-8-14/h5-8H,3-4,9-12H2,1-2H3. The van der Waals surface area contributed by atoms with Gasteiger partial charge < -0.3 is 9.47 Å². The lowest BCUT2D eigenvalue weighted by atomic mass is 10.2. The molecule has 0 amide bonds. The quantitative estimate of drug-likeness (QED) is 0.632. The molecule has 0 atom stereocenters. The van der Waals surface area contributed by atoms with Gasteiger partial charge in [-0.25, -0.2) is 0 Å². The number of ether oxygens (including phenoxy) is 2. The Morgan fingerprint density at radius 2 is 1.78 bits per heavy atom. The Kier molecular flexibility index (Phi) is 7.30. The number of benzene rings is 1. The van der Waals surface area contributed by atoms with Crippen molar-refractivity contribution in [1.29, 1.82) is 0 Å². The summed E-state index contributed by atoms with van der Waals surface area (Å²) < 4.78 is 10.8. The zero-order chi connectivity index (χ0) is 13.2. The van der Waals surface area contributed by atoms with Crippen LogP contribution in [0.15, 0.2) is 24.3 Å². The number of carbonyl (C=O) groups is 1. The summed E-state index contributed by atoms with van der Waals surface area (Å²) in [4.78, 5) is 11.0. The van der Waals surface area contributed by atoms with E-state index in [0.717, 1.165) is 6.42 Å². The van der Waals surface area contributed by atoms with E-state index >= 15 is 0 Å². The maximum Gasteiger partial charge on any atom is 0.158 e. The van der Waals surface area contributed by atoms with Gasteiger partial charge in [-0.2, -0.15) is 0 Å². The summed E-state index contributed by atoms with van der Waals surface area (Å²) in [5.41, 5.74) is 2.44. The second-order valence-corrected chi connectivity index (χ2v) is 4.34. The number of aryl methyl sites for hydroxylation is 1. The molecule has 0 radical (unpaired) electrons. The van der Waals surface area contributed by atoms with Gasteiger partial charge in [0.25, 0.3) is 0 Å². The van der Waals surface area contributed by atoms with Crippen molar-refractivity contribution >= 4 is 5.78 Å². The first kappa shape index (κ1) is 14.9. The van der Waals surface area contributed by atoms with E-state index in [4.69, 9.17) is 9.47 Å². The topological polar surface area (TPSA) is 35.5 Å². The third kappa shape index (κ3) is 6.52. The largest absolute Gasteiger partial charge is 0.377 e. The average molecular weight is 250 g/mol. The van der Waals surface area contributed by atoms with Gasteiger partial charge in [-0.15, -0.1) is 0 Å². The number of ketones is 1. The number of rotatable bonds is 9. The van der Waals surface area contributed by atoms with E-state index in [1.807, 2.05) is 6.92 Å². The van der Waals surface area contributed by atoms with E-state index in [9.17, 15) is 4.79 Å². The van der Waals surface area contributed by atoms with Gasteiger partial charge in [0.1, 0.15) is 6.61 Å². The van der Waals surface area contributed by atoms with Crippen molar-refractivity contribution in [3.05, 3.63) is 35.4 Å². The lowest BCUT2D eigenvalue weighted by molar-refractivity contribution is -0.123. The maximum absolute atomic E-state index is 11.0. The molecule has 0 spiro atoms. The lowest BCUT2D eigenvalue weighted by Gasteiger charge is -2.05. The van der Waals surface area contributed by atoms with E-state index in [-0.39, 0.29) is 12.4 Å². The second-order valence-electron chi connectivity index (χ2n) is 4.34. The van der Waals surface area contributed by atoms with E-state index in [2.05, 4.69) is 31.2 Å². The molecule has 0 aliphatic heterocycles. The molecule has 0 aliphatic rings. The first-order valence-electron chi connectivity index (χ1n) is 6.45. The predicted molar refractivity (Wildman–Crippen MR) is 71.6 cm³/mol. The van der Waals surface area contributed by atoms with Crippen molar-refractivity contribution in [2.45, 2.75) is 33.3 Å². The van der Waals surface area contributed by atoms with Gasteiger partial charge >= 0.3 is 0 Å². The van der Waals surface area contributed by atoms with Crippen LogP contribution in [0.25, 0.3) is 0 Å². The molecule has 0 heterocycles. The fraction of sp³-hybridized carbons (Fsp3) is 0.533. The summed E-state index contributed by atoms with van der Waals surface area (Å²) in [6, 6.07) is 8.31. The van der Waals surface area contributed by atoms with Gasteiger partial charge in [-0.3, -0.25) is 4.79 Å². The molecule has 0 unspecified atom stereocenters. The Balaban J connectivity index is 1.99. The summed E-state index contributed by atoms with van der Waals surface area (Å²) in [5.74, 6) is 0.149. The van der Waals surface area contributed by atoms with Crippen LogP contribution in [0.5, 0.6) is 0 Å². The third-order valence-electron chi connectivity index (χ3n) is 2.62. The van der Waals surface area contributed by atoms with E-state index in [0.29, 0.717) is 26.2 Å². The fourth-order valence-electron chi connectivity index (χ4n) is 1.43. The van der Waals surface area contributed by atoms with Gasteiger partial charge in [0, 0.05) is 19.6 Å². The number of hydrogen-bond acceptors (Lipinski definition) is 3. The van der Waals surface area contributed by atoms with Crippen molar-refractivity contribution in [1.82, 2.24) is 0 Å². The zero-order valence-electron chi connectivity index (χ0n) is 11.3. The first-order valence-corrected chi connectivity index (χ1v) is 6.45. The van der Waals surface area contributed by atoms with E-state index < -0.39 is 0 Å². The molecule has 0 N–H and O–H groups in total. The summed E-state index contributed by atoms with van der Waals surface area (Å²) in [5, 5.41) is 0. The van der Waals surface area contributed by atoms with Crippen LogP contribution < -0.4 is 0 Å². The molecule has 1 aromatic rings. The highest BCUT2D eigenvalue weighted by Crippen LogP contribution is 2.04. The van der Waals surface area contributed by atoms with Crippen molar-refractivity contribution in [2.24, 2.45) is 0 Å². The Morgan fingerprint density at radius 3 is 2.44 bits per heavy atom. The Hall–Kier alpha value is -1.19. The van der Waals surface area contributed by atoms with Crippen LogP contribution in [0.4, 0.5) is 0 Å². The average Bonchev–Trinajstić information content (AvgIpc) is 2.39. The Bertz CT molecular complexity index is 343. The molecule has 3 heteroatoms. The van der Waals surface area contributed by atoms with Crippen LogP contribution in [0.2, 0.25) is 0 Å². The molecule has 0 saturated carbocycles. The van der Waals surface area contributed by atoms with Crippen molar-refractivity contribution in [2.75, 3.05) is 19.8 Å². The molecular formula is C15H22O3. The van der Waals surface area contributed by atoms with Gasteiger partial charge in [-0.05, 0) is 18.9 Å². The first-order chi connectivity index (χ1) is 8.72. The molecule has 3 nitrogen and oxygen atoms in total. The summed E-state index contributed by atoms with van der Waals surface area (Å²) in [6.45, 7) is 6.02. The molecule has 1 aromatic carbocycles. The van der Waals surface area contributed by atoms with Crippen LogP contribution in [-0.2, 0) is 20.9 Å². The summed E-state index contributed by atoms with van der Waals surface area (Å²) >= 11 is 0.